The summed E-state index contributed by atoms with van der Waals surface area (Å²) in [5, 5.41) is 10.8. The van der Waals surface area contributed by atoms with Crippen LogP contribution in [-0.2, 0) is 19.7 Å². The minimum Gasteiger partial charge on any atom is -0.353 e. The van der Waals surface area contributed by atoms with Crippen LogP contribution in [0.15, 0.2) is 29.2 Å². The second-order valence-electron chi connectivity index (χ2n) is 4.32. The summed E-state index contributed by atoms with van der Waals surface area (Å²) in [6, 6.07) is 4.88. The molecule has 0 spiro atoms. The zero-order chi connectivity index (χ0) is 14.9. The third-order valence-corrected chi connectivity index (χ3v) is 4.46. The Morgan fingerprint density at radius 2 is 2.00 bits per heavy atom. The lowest BCUT2D eigenvalue weighted by molar-refractivity contribution is -0.387. The van der Waals surface area contributed by atoms with E-state index in [9.17, 15) is 23.3 Å². The molecule has 0 amide bonds. The normalized spacial score (nSPS) is 15.1. The number of benzene rings is 1. The number of hydroxylamine groups is 1. The van der Waals surface area contributed by atoms with E-state index in [1.54, 1.807) is 0 Å². The lowest BCUT2D eigenvalue weighted by Crippen LogP contribution is -2.31. The second-order valence-corrected chi connectivity index (χ2v) is 6.23. The smallest absolute Gasteiger partial charge is 0.329 e. The molecule has 9 heteroatoms. The molecule has 108 valence electrons. The van der Waals surface area contributed by atoms with Gasteiger partial charge in [-0.3, -0.25) is 14.9 Å². The summed E-state index contributed by atoms with van der Waals surface area (Å²) < 4.78 is 24.7. The highest BCUT2D eigenvalue weighted by Gasteiger charge is 2.36. The number of carbonyl (C=O) groups excluding carboxylic acids is 1. The third-order valence-electron chi connectivity index (χ3n) is 2.81. The number of nitro benzene ring substituents is 1. The monoisotopic (exact) mass is 300 g/mol. The largest absolute Gasteiger partial charge is 0.353 e. The molecule has 2 rings (SSSR count). The van der Waals surface area contributed by atoms with Gasteiger partial charge < -0.3 is 4.84 Å². The Hall–Kier alpha value is -2.00. The molecule has 0 heterocycles. The van der Waals surface area contributed by atoms with E-state index in [1.165, 1.54) is 12.1 Å². The number of para-hydroxylation sites is 1. The van der Waals surface area contributed by atoms with Crippen molar-refractivity contribution in [2.75, 3.05) is 7.05 Å². The van der Waals surface area contributed by atoms with Crippen molar-refractivity contribution in [1.29, 1.82) is 0 Å². The van der Waals surface area contributed by atoms with E-state index in [0.29, 0.717) is 17.3 Å². The van der Waals surface area contributed by atoms with Crippen molar-refractivity contribution in [3.05, 3.63) is 34.4 Å². The first-order valence-corrected chi connectivity index (χ1v) is 7.22. The van der Waals surface area contributed by atoms with Crippen molar-refractivity contribution >= 4 is 21.7 Å². The number of nitrogens with zero attached hydrogens (tertiary/aromatic N) is 2. The summed E-state index contributed by atoms with van der Waals surface area (Å²) in [7, 11) is -3.23. The van der Waals surface area contributed by atoms with Gasteiger partial charge in [-0.15, -0.1) is 0 Å². The highest BCUT2D eigenvalue weighted by molar-refractivity contribution is 7.89. The molecule has 0 bridgehead atoms. The maximum atomic E-state index is 12.2. The van der Waals surface area contributed by atoms with Gasteiger partial charge in [0.05, 0.1) is 10.8 Å². The minimum absolute atomic E-state index is 0.279. The Bertz CT molecular complexity index is 653. The first-order chi connectivity index (χ1) is 9.34. The molecule has 0 radical (unpaired) electrons. The molecule has 1 saturated carbocycles. The van der Waals surface area contributed by atoms with Crippen molar-refractivity contribution in [2.24, 2.45) is 5.92 Å². The Balaban J connectivity index is 2.29. The molecule has 0 unspecified atom stereocenters. The molecule has 1 aliphatic rings. The molecule has 0 aliphatic heterocycles. The van der Waals surface area contributed by atoms with Gasteiger partial charge in [0.2, 0.25) is 0 Å². The van der Waals surface area contributed by atoms with Crippen LogP contribution in [0.5, 0.6) is 0 Å². The van der Waals surface area contributed by atoms with Crippen LogP contribution in [0.4, 0.5) is 5.69 Å². The number of rotatable bonds is 5. The van der Waals surface area contributed by atoms with Crippen LogP contribution >= 0.6 is 0 Å². The van der Waals surface area contributed by atoms with Crippen LogP contribution in [-0.4, -0.2) is 30.8 Å². The predicted molar refractivity (Wildman–Crippen MR) is 66.9 cm³/mol. The average molecular weight is 300 g/mol. The molecule has 8 nitrogen and oxygen atoms in total. The van der Waals surface area contributed by atoms with E-state index in [4.69, 9.17) is 4.84 Å². The Morgan fingerprint density at radius 3 is 2.55 bits per heavy atom. The fourth-order valence-electron chi connectivity index (χ4n) is 1.53. The topological polar surface area (TPSA) is 107 Å². The Morgan fingerprint density at radius 1 is 1.40 bits per heavy atom. The zero-order valence-corrected chi connectivity index (χ0v) is 11.4. The van der Waals surface area contributed by atoms with Gasteiger partial charge in [0, 0.05) is 13.1 Å². The van der Waals surface area contributed by atoms with Crippen LogP contribution in [0.2, 0.25) is 0 Å². The predicted octanol–water partition coefficient (Wildman–Crippen LogP) is 1.08. The van der Waals surface area contributed by atoms with Crippen molar-refractivity contribution in [1.82, 2.24) is 4.47 Å². The number of hydrogen-bond acceptors (Lipinski definition) is 6. The van der Waals surface area contributed by atoms with Crippen LogP contribution in [0.25, 0.3) is 0 Å². The maximum absolute atomic E-state index is 12.2. The van der Waals surface area contributed by atoms with Crippen LogP contribution in [0, 0.1) is 16.0 Å². The summed E-state index contributed by atoms with van der Waals surface area (Å²) in [6.07, 6.45) is 1.33. The van der Waals surface area contributed by atoms with Crippen LogP contribution in [0.1, 0.15) is 12.8 Å². The van der Waals surface area contributed by atoms with Gasteiger partial charge in [-0.25, -0.2) is 8.42 Å². The number of carbonyl (C=O) groups is 1. The molecule has 1 fully saturated rings. The van der Waals surface area contributed by atoms with E-state index in [1.807, 2.05) is 0 Å². The quantitative estimate of drug-likeness (QED) is 0.595. The molecule has 0 saturated heterocycles. The molecule has 1 aromatic rings. The van der Waals surface area contributed by atoms with E-state index < -0.39 is 31.5 Å². The lowest BCUT2D eigenvalue weighted by Gasteiger charge is -2.16. The molecule has 20 heavy (non-hydrogen) atoms. The van der Waals surface area contributed by atoms with E-state index >= 15 is 0 Å². The third kappa shape index (κ3) is 2.78. The fraction of sp³-hybridized carbons (Fsp3) is 0.364. The molecular formula is C11H12N2O6S. The van der Waals surface area contributed by atoms with E-state index in [2.05, 4.69) is 0 Å². The summed E-state index contributed by atoms with van der Waals surface area (Å²) in [6.45, 7) is 0. The van der Waals surface area contributed by atoms with Crippen LogP contribution < -0.4 is 0 Å². The number of nitro groups is 1. The van der Waals surface area contributed by atoms with Crippen molar-refractivity contribution < 1.29 is 23.0 Å². The SMILES string of the molecule is CN(OC(=O)C1CC1)S(=O)(=O)c1ccccc1[N+](=O)[O-]. The molecule has 1 aliphatic carbocycles. The van der Waals surface area contributed by atoms with E-state index in [0.717, 1.165) is 19.2 Å². The molecule has 1 aromatic carbocycles. The maximum Gasteiger partial charge on any atom is 0.329 e. The van der Waals surface area contributed by atoms with Crippen molar-refractivity contribution in [2.45, 2.75) is 17.7 Å². The fourth-order valence-corrected chi connectivity index (χ4v) is 2.64. The van der Waals surface area contributed by atoms with Crippen LogP contribution in [0.3, 0.4) is 0 Å². The molecule has 0 N–H and O–H groups in total. The Labute approximate surface area is 115 Å². The first kappa shape index (κ1) is 14.4. The molecular weight excluding hydrogens is 288 g/mol. The number of sulfonamides is 1. The van der Waals surface area contributed by atoms with Gasteiger partial charge in [0.25, 0.3) is 15.7 Å². The van der Waals surface area contributed by atoms with Gasteiger partial charge in [-0.1, -0.05) is 12.1 Å². The lowest BCUT2D eigenvalue weighted by atomic mass is 10.3. The van der Waals surface area contributed by atoms with Gasteiger partial charge in [0.15, 0.2) is 4.90 Å². The van der Waals surface area contributed by atoms with Crippen molar-refractivity contribution in [3.63, 3.8) is 0 Å². The summed E-state index contributed by atoms with van der Waals surface area (Å²) >= 11 is 0. The highest BCUT2D eigenvalue weighted by Crippen LogP contribution is 2.31. The Kier molecular flexibility index (Phi) is 3.73. The standard InChI is InChI=1S/C11H12N2O6S/c1-12(19-11(14)8-6-7-8)20(17,18)10-5-3-2-4-9(10)13(15)16/h2-5,8H,6-7H2,1H3. The first-order valence-electron chi connectivity index (χ1n) is 5.78. The summed E-state index contributed by atoms with van der Waals surface area (Å²) in [5.74, 6) is -0.923. The average Bonchev–Trinajstić information content (AvgIpc) is 3.22. The zero-order valence-electron chi connectivity index (χ0n) is 10.6. The molecule has 0 aromatic heterocycles. The van der Waals surface area contributed by atoms with Gasteiger partial charge in [-0.2, -0.15) is 0 Å². The second kappa shape index (κ2) is 5.17. The number of hydrogen-bond donors (Lipinski definition) is 0. The van der Waals surface area contributed by atoms with Crippen molar-refractivity contribution in [3.8, 4) is 0 Å². The molecule has 0 atom stereocenters. The van der Waals surface area contributed by atoms with Gasteiger partial charge in [0.1, 0.15) is 0 Å². The summed E-state index contributed by atoms with van der Waals surface area (Å²) in [5.41, 5.74) is -0.568. The minimum atomic E-state index is -4.27. The van der Waals surface area contributed by atoms with Gasteiger partial charge >= 0.3 is 5.97 Å². The van der Waals surface area contributed by atoms with E-state index in [-0.39, 0.29) is 5.92 Å². The summed E-state index contributed by atoms with van der Waals surface area (Å²) in [4.78, 5) is 25.7. The van der Waals surface area contributed by atoms with Gasteiger partial charge in [-0.05, 0) is 23.4 Å². The highest BCUT2D eigenvalue weighted by atomic mass is 32.2.